The summed E-state index contributed by atoms with van der Waals surface area (Å²) in [7, 11) is -3.37. The van der Waals surface area contributed by atoms with Crippen molar-refractivity contribution in [2.75, 3.05) is 50.4 Å². The van der Waals surface area contributed by atoms with Crippen LogP contribution in [0.25, 0.3) is 10.9 Å². The van der Waals surface area contributed by atoms with Crippen molar-refractivity contribution >= 4 is 32.5 Å². The lowest BCUT2D eigenvalue weighted by molar-refractivity contribution is 0.0698. The van der Waals surface area contributed by atoms with E-state index < -0.39 is 27.1 Å². The fourth-order valence-corrected chi connectivity index (χ4v) is 6.22. The van der Waals surface area contributed by atoms with E-state index in [0.29, 0.717) is 37.0 Å². The van der Waals surface area contributed by atoms with Crippen LogP contribution in [-0.2, 0) is 15.4 Å². The van der Waals surface area contributed by atoms with Crippen molar-refractivity contribution in [2.24, 2.45) is 0 Å². The number of piperazine rings is 1. The van der Waals surface area contributed by atoms with Crippen molar-refractivity contribution in [2.45, 2.75) is 18.3 Å². The Hall–Kier alpha value is -3.62. The summed E-state index contributed by atoms with van der Waals surface area (Å²) in [6.45, 7) is 1.59. The second-order valence-electron chi connectivity index (χ2n) is 9.81. The number of piperidine rings is 1. The maximum atomic E-state index is 14.4. The van der Waals surface area contributed by atoms with E-state index in [9.17, 15) is 27.3 Å². The molecule has 2 fully saturated rings. The molecule has 1 aromatic heterocycles. The van der Waals surface area contributed by atoms with E-state index in [-0.39, 0.29) is 43.2 Å². The van der Waals surface area contributed by atoms with Crippen LogP contribution in [0.15, 0.2) is 48.7 Å². The molecule has 3 aromatic rings. The maximum absolute atomic E-state index is 14.4. The van der Waals surface area contributed by atoms with Crippen LogP contribution in [0.4, 0.5) is 14.5 Å². The molecule has 1 amide bonds. The molecule has 0 saturated carbocycles. The van der Waals surface area contributed by atoms with Gasteiger partial charge in [0.2, 0.25) is 10.0 Å². The lowest BCUT2D eigenvalue weighted by Crippen LogP contribution is -2.50. The Labute approximate surface area is 220 Å². The monoisotopic (exact) mass is 539 g/mol. The zero-order valence-corrected chi connectivity index (χ0v) is 21.7. The van der Waals surface area contributed by atoms with E-state index in [1.54, 1.807) is 4.90 Å². The number of sulfonamides is 1. The predicted octanol–water partition coefficient (Wildman–Crippen LogP) is 3.29. The van der Waals surface area contributed by atoms with Crippen LogP contribution in [0.3, 0.4) is 0 Å². The highest BCUT2D eigenvalue weighted by atomic mass is 32.2. The van der Waals surface area contributed by atoms with Gasteiger partial charge in [-0.2, -0.15) is 9.57 Å². The van der Waals surface area contributed by atoms with Crippen molar-refractivity contribution in [1.29, 1.82) is 5.26 Å². The minimum Gasteiger partial charge on any atom is -0.370 e. The summed E-state index contributed by atoms with van der Waals surface area (Å²) in [6, 6.07) is 14.1. The first kappa shape index (κ1) is 26.0. The second-order valence-corrected chi connectivity index (χ2v) is 11.8. The number of fused-ring (bicyclic) bond motifs is 1. The number of benzene rings is 2. The highest BCUT2D eigenvalue weighted by molar-refractivity contribution is 7.88. The fraction of sp³-hybridized carbons (Fsp3) is 0.370. The molecule has 0 N–H and O–H groups in total. The van der Waals surface area contributed by atoms with Gasteiger partial charge < -0.3 is 9.80 Å². The fourth-order valence-electron chi connectivity index (χ4n) is 5.40. The third kappa shape index (κ3) is 4.70. The number of carbonyl (C=O) groups excluding carboxylic acids is 1. The van der Waals surface area contributed by atoms with Crippen LogP contribution in [0.2, 0.25) is 0 Å². The van der Waals surface area contributed by atoms with Gasteiger partial charge in [0, 0.05) is 56.9 Å². The van der Waals surface area contributed by atoms with Crippen molar-refractivity contribution in [3.05, 3.63) is 71.4 Å². The average Bonchev–Trinajstić information content (AvgIpc) is 2.93. The Kier molecular flexibility index (Phi) is 6.79. The molecule has 0 spiro atoms. The van der Waals surface area contributed by atoms with Crippen molar-refractivity contribution in [3.8, 4) is 6.07 Å². The Balaban J connectivity index is 1.51. The molecule has 0 radical (unpaired) electrons. The quantitative estimate of drug-likeness (QED) is 0.505. The van der Waals surface area contributed by atoms with Crippen LogP contribution in [-0.4, -0.2) is 74.0 Å². The molecule has 198 valence electrons. The molecule has 0 atom stereocenters. The summed E-state index contributed by atoms with van der Waals surface area (Å²) < 4.78 is 53.6. The van der Waals surface area contributed by atoms with E-state index in [1.165, 1.54) is 10.5 Å². The van der Waals surface area contributed by atoms with E-state index in [1.807, 2.05) is 35.2 Å². The maximum Gasteiger partial charge on any atom is 0.257 e. The molecule has 2 saturated heterocycles. The Morgan fingerprint density at radius 2 is 1.63 bits per heavy atom. The Morgan fingerprint density at radius 1 is 1.00 bits per heavy atom. The van der Waals surface area contributed by atoms with E-state index >= 15 is 0 Å². The normalized spacial score (nSPS) is 18.4. The number of rotatable bonds is 4. The van der Waals surface area contributed by atoms with Gasteiger partial charge in [-0.05, 0) is 24.5 Å². The summed E-state index contributed by atoms with van der Waals surface area (Å²) in [5.74, 6) is -2.43. The van der Waals surface area contributed by atoms with Gasteiger partial charge >= 0.3 is 0 Å². The first-order valence-corrected chi connectivity index (χ1v) is 14.2. The van der Waals surface area contributed by atoms with Gasteiger partial charge in [-0.3, -0.25) is 9.78 Å². The summed E-state index contributed by atoms with van der Waals surface area (Å²) in [5, 5.41) is 10.4. The number of halogens is 2. The average molecular weight is 540 g/mol. The van der Waals surface area contributed by atoms with Crippen LogP contribution >= 0.6 is 0 Å². The highest BCUT2D eigenvalue weighted by Crippen LogP contribution is 2.40. The SMILES string of the molecule is CS(=O)(=O)N1CCN(C(=O)c2cnc3cc(F)c(F)cc3c2N2CCC(C#N)(c3ccccc3)CC2)CC1. The number of anilines is 1. The van der Waals surface area contributed by atoms with Gasteiger partial charge in [-0.25, -0.2) is 17.2 Å². The lowest BCUT2D eigenvalue weighted by atomic mass is 9.74. The third-order valence-corrected chi connectivity index (χ3v) is 8.88. The molecule has 2 aliphatic rings. The number of hydrogen-bond donors (Lipinski definition) is 0. The van der Waals surface area contributed by atoms with Crippen molar-refractivity contribution < 1.29 is 22.0 Å². The number of pyridine rings is 1. The molecule has 5 rings (SSSR count). The van der Waals surface area contributed by atoms with Crippen LogP contribution in [0.5, 0.6) is 0 Å². The minimum atomic E-state index is -3.37. The number of hydrogen-bond acceptors (Lipinski definition) is 6. The Bertz CT molecular complexity index is 1530. The highest BCUT2D eigenvalue weighted by Gasteiger charge is 2.38. The van der Waals surface area contributed by atoms with Gasteiger partial charge in [0.1, 0.15) is 0 Å². The summed E-state index contributed by atoms with van der Waals surface area (Å²) in [6.07, 6.45) is 3.49. The summed E-state index contributed by atoms with van der Waals surface area (Å²) in [4.78, 5) is 21.5. The molecule has 0 bridgehead atoms. The molecule has 2 aromatic carbocycles. The molecule has 8 nitrogen and oxygen atoms in total. The molecule has 0 aliphatic carbocycles. The molecule has 0 unspecified atom stereocenters. The topological polar surface area (TPSA) is 97.6 Å². The van der Waals surface area contributed by atoms with Crippen LogP contribution in [0, 0.1) is 23.0 Å². The first-order valence-electron chi connectivity index (χ1n) is 12.4. The third-order valence-electron chi connectivity index (χ3n) is 7.58. The molecular weight excluding hydrogens is 512 g/mol. The number of nitriles is 1. The number of amides is 1. The number of nitrogens with zero attached hydrogens (tertiary/aromatic N) is 5. The van der Waals surface area contributed by atoms with Gasteiger partial charge in [0.15, 0.2) is 11.6 Å². The zero-order valence-electron chi connectivity index (χ0n) is 20.9. The number of aromatic nitrogens is 1. The van der Waals surface area contributed by atoms with Crippen LogP contribution < -0.4 is 4.90 Å². The lowest BCUT2D eigenvalue weighted by Gasteiger charge is -2.40. The van der Waals surface area contributed by atoms with Crippen LogP contribution in [0.1, 0.15) is 28.8 Å². The van der Waals surface area contributed by atoms with Crippen molar-refractivity contribution in [3.63, 3.8) is 0 Å². The molecule has 38 heavy (non-hydrogen) atoms. The number of carbonyl (C=O) groups is 1. The van der Waals surface area contributed by atoms with Gasteiger partial charge in [0.25, 0.3) is 5.91 Å². The van der Waals surface area contributed by atoms with Gasteiger partial charge in [-0.1, -0.05) is 30.3 Å². The summed E-state index contributed by atoms with van der Waals surface area (Å²) >= 11 is 0. The van der Waals surface area contributed by atoms with Crippen molar-refractivity contribution in [1.82, 2.24) is 14.2 Å². The standard InChI is InChI=1S/C27H27F2N5O3S/c1-38(36,37)34-13-11-33(12-14-34)26(35)21-17-31-24-16-23(29)22(28)15-20(24)25(21)32-9-7-27(18-30,8-10-32)19-5-3-2-4-6-19/h2-6,15-17H,7-14H2,1H3. The Morgan fingerprint density at radius 3 is 2.24 bits per heavy atom. The van der Waals surface area contributed by atoms with E-state index in [4.69, 9.17) is 0 Å². The molecule has 11 heteroatoms. The smallest absolute Gasteiger partial charge is 0.257 e. The minimum absolute atomic E-state index is 0.173. The second kappa shape index (κ2) is 9.93. The summed E-state index contributed by atoms with van der Waals surface area (Å²) in [5.41, 5.74) is 1.14. The van der Waals surface area contributed by atoms with E-state index in [0.717, 1.165) is 24.0 Å². The van der Waals surface area contributed by atoms with Gasteiger partial charge in [-0.15, -0.1) is 0 Å². The molecule has 3 heterocycles. The zero-order chi connectivity index (χ0) is 27.1. The van der Waals surface area contributed by atoms with Gasteiger partial charge in [0.05, 0.1) is 34.5 Å². The first-order chi connectivity index (χ1) is 18.1. The predicted molar refractivity (Wildman–Crippen MR) is 139 cm³/mol. The molecule has 2 aliphatic heterocycles. The largest absolute Gasteiger partial charge is 0.370 e. The van der Waals surface area contributed by atoms with E-state index in [2.05, 4.69) is 11.1 Å². The molecular formula is C27H27F2N5O3S.